The highest BCUT2D eigenvalue weighted by Crippen LogP contribution is 2.22. The molecule has 0 aliphatic rings. The molecule has 0 unspecified atom stereocenters. The molecule has 0 saturated heterocycles. The monoisotopic (exact) mass is 308 g/mol. The fourth-order valence-corrected chi connectivity index (χ4v) is 2.20. The van der Waals surface area contributed by atoms with Gasteiger partial charge in [0.05, 0.1) is 17.6 Å². The van der Waals surface area contributed by atoms with Gasteiger partial charge in [-0.2, -0.15) is 5.10 Å². The molecular weight excluding hydrogens is 292 g/mol. The van der Waals surface area contributed by atoms with Gasteiger partial charge in [-0.05, 0) is 43.5 Å². The summed E-state index contributed by atoms with van der Waals surface area (Å²) in [6.45, 7) is 2.94. The third kappa shape index (κ3) is 3.26. The molecule has 2 aromatic rings. The molecule has 0 spiro atoms. The number of hydrogen-bond acceptors (Lipinski definition) is 3. The lowest BCUT2D eigenvalue weighted by Crippen LogP contribution is -2.05. The molecule has 0 fully saturated rings. The lowest BCUT2D eigenvalue weighted by molar-refractivity contribution is 0.857. The quantitative estimate of drug-likeness (QED) is 0.587. The number of halogens is 1. The Balaban J connectivity index is 1.80. The average Bonchev–Trinajstić information content (AvgIpc) is 2.73. The number of nitrogens with two attached hydrogens (primary N) is 1. The van der Waals surface area contributed by atoms with Crippen LogP contribution in [0, 0.1) is 6.92 Å². The van der Waals surface area contributed by atoms with Gasteiger partial charge in [0, 0.05) is 16.7 Å². The molecule has 0 radical (unpaired) electrons. The van der Waals surface area contributed by atoms with E-state index in [0.717, 1.165) is 40.9 Å². The van der Waals surface area contributed by atoms with E-state index in [1.54, 1.807) is 0 Å². The fraction of sp³-hybridized carbons (Fsp3) is 0.308. The van der Waals surface area contributed by atoms with Crippen molar-refractivity contribution in [2.24, 2.45) is 0 Å². The van der Waals surface area contributed by atoms with Crippen LogP contribution >= 0.6 is 15.9 Å². The zero-order chi connectivity index (χ0) is 13.0. The van der Waals surface area contributed by atoms with Crippen molar-refractivity contribution in [2.45, 2.75) is 19.8 Å². The number of nitrogen functional groups attached to an aromatic ring is 1. The minimum absolute atomic E-state index is 0.767. The standard InChI is InChI=1S/C13H17BrN4/c1-9-10(8-17-18-9)3-2-6-16-13-5-4-11(14)7-12(13)15/h4-5,7-8,16H,2-3,6,15H2,1H3,(H,17,18). The number of hydrogen-bond donors (Lipinski definition) is 3. The molecule has 0 amide bonds. The summed E-state index contributed by atoms with van der Waals surface area (Å²) in [5.74, 6) is 0. The van der Waals surface area contributed by atoms with E-state index in [4.69, 9.17) is 5.73 Å². The Morgan fingerprint density at radius 2 is 2.28 bits per heavy atom. The number of H-pyrrole nitrogens is 1. The number of benzene rings is 1. The van der Waals surface area contributed by atoms with Gasteiger partial charge in [0.2, 0.25) is 0 Å². The van der Waals surface area contributed by atoms with Crippen molar-refractivity contribution in [1.82, 2.24) is 10.2 Å². The van der Waals surface area contributed by atoms with Crippen molar-refractivity contribution < 1.29 is 0 Å². The predicted octanol–water partition coefficient (Wildman–Crippen LogP) is 3.11. The molecule has 1 heterocycles. The van der Waals surface area contributed by atoms with Gasteiger partial charge in [0.15, 0.2) is 0 Å². The summed E-state index contributed by atoms with van der Waals surface area (Å²) in [7, 11) is 0. The second-order valence-corrected chi connectivity index (χ2v) is 5.20. The maximum atomic E-state index is 5.91. The van der Waals surface area contributed by atoms with Crippen LogP contribution in [0.4, 0.5) is 11.4 Å². The molecular formula is C13H17BrN4. The lowest BCUT2D eigenvalue weighted by Gasteiger charge is -2.09. The van der Waals surface area contributed by atoms with Crippen LogP contribution in [0.2, 0.25) is 0 Å². The van der Waals surface area contributed by atoms with Crippen LogP contribution in [0.25, 0.3) is 0 Å². The molecule has 0 saturated carbocycles. The van der Waals surface area contributed by atoms with Crippen molar-refractivity contribution in [3.8, 4) is 0 Å². The number of aryl methyl sites for hydroxylation is 2. The van der Waals surface area contributed by atoms with E-state index in [2.05, 4.69) is 31.4 Å². The first-order valence-corrected chi connectivity index (χ1v) is 6.74. The number of rotatable bonds is 5. The van der Waals surface area contributed by atoms with Crippen LogP contribution in [0.1, 0.15) is 17.7 Å². The van der Waals surface area contributed by atoms with Crippen LogP contribution in [-0.4, -0.2) is 16.7 Å². The molecule has 96 valence electrons. The third-order valence-electron chi connectivity index (χ3n) is 2.89. The van der Waals surface area contributed by atoms with Gasteiger partial charge in [-0.15, -0.1) is 0 Å². The van der Waals surface area contributed by atoms with Crippen LogP contribution < -0.4 is 11.1 Å². The Labute approximate surface area is 115 Å². The molecule has 0 bridgehead atoms. The molecule has 1 aromatic heterocycles. The third-order valence-corrected chi connectivity index (χ3v) is 3.38. The summed E-state index contributed by atoms with van der Waals surface area (Å²) < 4.78 is 1.000. The molecule has 18 heavy (non-hydrogen) atoms. The van der Waals surface area contributed by atoms with Gasteiger partial charge in [0.25, 0.3) is 0 Å². The highest BCUT2D eigenvalue weighted by atomic mass is 79.9. The van der Waals surface area contributed by atoms with Gasteiger partial charge in [0.1, 0.15) is 0 Å². The van der Waals surface area contributed by atoms with Crippen molar-refractivity contribution >= 4 is 27.3 Å². The van der Waals surface area contributed by atoms with E-state index < -0.39 is 0 Å². The summed E-state index contributed by atoms with van der Waals surface area (Å²) in [4.78, 5) is 0. The van der Waals surface area contributed by atoms with E-state index in [0.29, 0.717) is 0 Å². The van der Waals surface area contributed by atoms with Crippen molar-refractivity contribution in [1.29, 1.82) is 0 Å². The summed E-state index contributed by atoms with van der Waals surface area (Å²) in [5, 5.41) is 10.3. The summed E-state index contributed by atoms with van der Waals surface area (Å²) >= 11 is 3.39. The van der Waals surface area contributed by atoms with Gasteiger partial charge < -0.3 is 11.1 Å². The number of aromatic amines is 1. The van der Waals surface area contributed by atoms with Crippen LogP contribution in [0.5, 0.6) is 0 Å². The van der Waals surface area contributed by atoms with Crippen LogP contribution in [0.15, 0.2) is 28.9 Å². The molecule has 1 aromatic carbocycles. The first-order chi connectivity index (χ1) is 8.66. The van der Waals surface area contributed by atoms with Gasteiger partial charge in [-0.25, -0.2) is 0 Å². The predicted molar refractivity (Wildman–Crippen MR) is 78.7 cm³/mol. The second kappa shape index (κ2) is 5.91. The Morgan fingerprint density at radius 1 is 1.44 bits per heavy atom. The first-order valence-electron chi connectivity index (χ1n) is 5.94. The molecule has 0 atom stereocenters. The summed E-state index contributed by atoms with van der Waals surface area (Å²) in [6.07, 6.45) is 3.96. The molecule has 5 heteroatoms. The van der Waals surface area contributed by atoms with E-state index in [-0.39, 0.29) is 0 Å². The number of anilines is 2. The topological polar surface area (TPSA) is 66.7 Å². The van der Waals surface area contributed by atoms with Crippen molar-refractivity contribution in [3.05, 3.63) is 40.1 Å². The maximum Gasteiger partial charge on any atom is 0.0574 e. The van der Waals surface area contributed by atoms with Crippen LogP contribution in [-0.2, 0) is 6.42 Å². The van der Waals surface area contributed by atoms with E-state index in [9.17, 15) is 0 Å². The second-order valence-electron chi connectivity index (χ2n) is 4.28. The number of aromatic nitrogens is 2. The van der Waals surface area contributed by atoms with Gasteiger partial charge in [-0.1, -0.05) is 15.9 Å². The van der Waals surface area contributed by atoms with E-state index in [1.807, 2.05) is 31.3 Å². The van der Waals surface area contributed by atoms with Gasteiger partial charge >= 0.3 is 0 Å². The molecule has 4 N–H and O–H groups in total. The Hall–Kier alpha value is -1.49. The largest absolute Gasteiger partial charge is 0.397 e. The number of nitrogens with one attached hydrogen (secondary N) is 2. The molecule has 4 nitrogen and oxygen atoms in total. The Kier molecular flexibility index (Phi) is 4.25. The maximum absolute atomic E-state index is 5.91. The minimum Gasteiger partial charge on any atom is -0.397 e. The Bertz CT molecular complexity index is 521. The first kappa shape index (κ1) is 13.0. The highest BCUT2D eigenvalue weighted by molar-refractivity contribution is 9.10. The van der Waals surface area contributed by atoms with Crippen molar-refractivity contribution in [2.75, 3.05) is 17.6 Å². The Morgan fingerprint density at radius 3 is 2.94 bits per heavy atom. The lowest BCUT2D eigenvalue weighted by atomic mass is 10.1. The molecule has 0 aliphatic heterocycles. The molecule has 0 aliphatic carbocycles. The SMILES string of the molecule is Cc1[nH]ncc1CCCNc1ccc(Br)cc1N. The summed E-state index contributed by atoms with van der Waals surface area (Å²) in [5.41, 5.74) is 10.1. The molecule has 2 rings (SSSR count). The van der Waals surface area contributed by atoms with E-state index in [1.165, 1.54) is 5.56 Å². The van der Waals surface area contributed by atoms with E-state index >= 15 is 0 Å². The zero-order valence-electron chi connectivity index (χ0n) is 10.3. The number of nitrogens with zero attached hydrogens (tertiary/aromatic N) is 1. The normalized spacial score (nSPS) is 10.6. The fourth-order valence-electron chi connectivity index (χ4n) is 1.82. The smallest absolute Gasteiger partial charge is 0.0574 e. The highest BCUT2D eigenvalue weighted by Gasteiger charge is 2.01. The average molecular weight is 309 g/mol. The summed E-state index contributed by atoms with van der Waals surface area (Å²) in [6, 6.07) is 5.88. The zero-order valence-corrected chi connectivity index (χ0v) is 11.9. The van der Waals surface area contributed by atoms with Gasteiger partial charge in [-0.3, -0.25) is 5.10 Å². The van der Waals surface area contributed by atoms with Crippen LogP contribution in [0.3, 0.4) is 0 Å². The minimum atomic E-state index is 0.767. The van der Waals surface area contributed by atoms with Crippen molar-refractivity contribution in [3.63, 3.8) is 0 Å².